The van der Waals surface area contributed by atoms with Crippen LogP contribution < -0.4 is 10.6 Å². The summed E-state index contributed by atoms with van der Waals surface area (Å²) in [4.78, 5) is 16.3. The lowest BCUT2D eigenvalue weighted by molar-refractivity contribution is -0.115. The highest BCUT2D eigenvalue weighted by molar-refractivity contribution is 6.01. The SMILES string of the molecule is Cc1cc(NC(=O)CNC(C)C)c2ccccc2n1. The van der Waals surface area contributed by atoms with E-state index in [9.17, 15) is 4.79 Å². The van der Waals surface area contributed by atoms with E-state index in [1.165, 1.54) is 0 Å². The second kappa shape index (κ2) is 5.80. The van der Waals surface area contributed by atoms with Gasteiger partial charge in [-0.2, -0.15) is 0 Å². The van der Waals surface area contributed by atoms with Crippen molar-refractivity contribution in [2.24, 2.45) is 0 Å². The number of carbonyl (C=O) groups excluding carboxylic acids is 1. The molecule has 1 heterocycles. The Morgan fingerprint density at radius 1 is 1.32 bits per heavy atom. The Bertz CT molecular complexity index is 593. The Kier molecular flexibility index (Phi) is 4.12. The number of fused-ring (bicyclic) bond motifs is 1. The number of amides is 1. The first-order valence-corrected chi connectivity index (χ1v) is 6.46. The Balaban J connectivity index is 2.22. The molecule has 4 nitrogen and oxygen atoms in total. The van der Waals surface area contributed by atoms with Gasteiger partial charge in [-0.3, -0.25) is 9.78 Å². The van der Waals surface area contributed by atoms with Gasteiger partial charge in [0.15, 0.2) is 0 Å². The third-order valence-electron chi connectivity index (χ3n) is 2.79. The van der Waals surface area contributed by atoms with E-state index in [1.54, 1.807) is 0 Å². The number of benzene rings is 1. The molecule has 2 aromatic rings. The number of nitrogens with one attached hydrogen (secondary N) is 2. The number of hydrogen-bond donors (Lipinski definition) is 2. The molecule has 1 aromatic heterocycles. The topological polar surface area (TPSA) is 54.0 Å². The molecule has 0 spiro atoms. The lowest BCUT2D eigenvalue weighted by Gasteiger charge is -2.11. The zero-order chi connectivity index (χ0) is 13.8. The van der Waals surface area contributed by atoms with E-state index in [0.717, 1.165) is 22.3 Å². The fourth-order valence-corrected chi connectivity index (χ4v) is 1.90. The van der Waals surface area contributed by atoms with E-state index in [2.05, 4.69) is 15.6 Å². The van der Waals surface area contributed by atoms with Gasteiger partial charge >= 0.3 is 0 Å². The van der Waals surface area contributed by atoms with Crippen molar-refractivity contribution >= 4 is 22.5 Å². The van der Waals surface area contributed by atoms with Gasteiger partial charge in [-0.25, -0.2) is 0 Å². The Labute approximate surface area is 113 Å². The first-order valence-electron chi connectivity index (χ1n) is 6.46. The fraction of sp³-hybridized carbons (Fsp3) is 0.333. The van der Waals surface area contributed by atoms with Crippen molar-refractivity contribution in [2.75, 3.05) is 11.9 Å². The molecule has 0 atom stereocenters. The molecule has 0 radical (unpaired) electrons. The summed E-state index contributed by atoms with van der Waals surface area (Å²) in [5.74, 6) is -0.0375. The summed E-state index contributed by atoms with van der Waals surface area (Å²) >= 11 is 0. The molecule has 0 aliphatic carbocycles. The number of para-hydroxylation sites is 1. The third-order valence-corrected chi connectivity index (χ3v) is 2.79. The monoisotopic (exact) mass is 257 g/mol. The van der Waals surface area contributed by atoms with Crippen LogP contribution in [0.15, 0.2) is 30.3 Å². The van der Waals surface area contributed by atoms with Gasteiger partial charge < -0.3 is 10.6 Å². The van der Waals surface area contributed by atoms with Crippen LogP contribution in [0, 0.1) is 6.92 Å². The first kappa shape index (κ1) is 13.5. The van der Waals surface area contributed by atoms with Gasteiger partial charge in [0.1, 0.15) is 0 Å². The number of carbonyl (C=O) groups is 1. The third kappa shape index (κ3) is 3.51. The van der Waals surface area contributed by atoms with Crippen LogP contribution in [0.25, 0.3) is 10.9 Å². The van der Waals surface area contributed by atoms with Crippen LogP contribution in [0.3, 0.4) is 0 Å². The maximum Gasteiger partial charge on any atom is 0.238 e. The maximum atomic E-state index is 11.9. The molecule has 0 saturated heterocycles. The maximum absolute atomic E-state index is 11.9. The first-order chi connectivity index (χ1) is 9.06. The molecular weight excluding hydrogens is 238 g/mol. The van der Waals surface area contributed by atoms with Crippen LogP contribution in [-0.4, -0.2) is 23.5 Å². The number of aromatic nitrogens is 1. The van der Waals surface area contributed by atoms with Crippen LogP contribution >= 0.6 is 0 Å². The predicted octanol–water partition coefficient (Wildman–Crippen LogP) is 2.48. The van der Waals surface area contributed by atoms with E-state index >= 15 is 0 Å². The average molecular weight is 257 g/mol. The fourth-order valence-electron chi connectivity index (χ4n) is 1.90. The van der Waals surface area contributed by atoms with Crippen LogP contribution in [-0.2, 0) is 4.79 Å². The molecule has 19 heavy (non-hydrogen) atoms. The van der Waals surface area contributed by atoms with Crippen molar-refractivity contribution in [1.29, 1.82) is 0 Å². The lowest BCUT2D eigenvalue weighted by atomic mass is 10.1. The van der Waals surface area contributed by atoms with Crippen molar-refractivity contribution in [1.82, 2.24) is 10.3 Å². The molecule has 100 valence electrons. The molecule has 0 aliphatic rings. The van der Waals surface area contributed by atoms with Crippen molar-refractivity contribution in [3.8, 4) is 0 Å². The van der Waals surface area contributed by atoms with Gasteiger partial charge in [0.25, 0.3) is 0 Å². The van der Waals surface area contributed by atoms with Crippen LogP contribution in [0.4, 0.5) is 5.69 Å². The number of aryl methyl sites for hydroxylation is 1. The quantitative estimate of drug-likeness (QED) is 0.884. The highest BCUT2D eigenvalue weighted by Gasteiger charge is 2.07. The summed E-state index contributed by atoms with van der Waals surface area (Å²) in [5, 5.41) is 7.00. The minimum atomic E-state index is -0.0375. The Hall–Kier alpha value is -1.94. The summed E-state index contributed by atoms with van der Waals surface area (Å²) in [6, 6.07) is 10.00. The van der Waals surface area contributed by atoms with Gasteiger partial charge in [-0.1, -0.05) is 32.0 Å². The van der Waals surface area contributed by atoms with Crippen LogP contribution in [0.5, 0.6) is 0 Å². The highest BCUT2D eigenvalue weighted by atomic mass is 16.1. The number of nitrogens with zero attached hydrogens (tertiary/aromatic N) is 1. The average Bonchev–Trinajstić information content (AvgIpc) is 2.36. The predicted molar refractivity (Wildman–Crippen MR) is 78.2 cm³/mol. The van der Waals surface area contributed by atoms with Gasteiger partial charge in [0.05, 0.1) is 17.7 Å². The zero-order valence-corrected chi connectivity index (χ0v) is 11.5. The van der Waals surface area contributed by atoms with E-state index in [1.807, 2.05) is 51.1 Å². The van der Waals surface area contributed by atoms with Gasteiger partial charge in [-0.05, 0) is 19.1 Å². The molecular formula is C15H19N3O. The Morgan fingerprint density at radius 2 is 2.05 bits per heavy atom. The van der Waals surface area contributed by atoms with Crippen molar-refractivity contribution in [3.05, 3.63) is 36.0 Å². The smallest absolute Gasteiger partial charge is 0.238 e. The molecule has 0 bridgehead atoms. The summed E-state index contributed by atoms with van der Waals surface area (Å²) in [5.41, 5.74) is 2.61. The molecule has 4 heteroatoms. The minimum Gasteiger partial charge on any atom is -0.324 e. The molecule has 0 fully saturated rings. The lowest BCUT2D eigenvalue weighted by Crippen LogP contribution is -2.32. The molecule has 0 aliphatic heterocycles. The van der Waals surface area contributed by atoms with Crippen molar-refractivity contribution in [3.63, 3.8) is 0 Å². The largest absolute Gasteiger partial charge is 0.324 e. The summed E-state index contributed by atoms with van der Waals surface area (Å²) in [6.07, 6.45) is 0. The molecule has 0 saturated carbocycles. The van der Waals surface area contributed by atoms with Crippen molar-refractivity contribution < 1.29 is 4.79 Å². The normalized spacial score (nSPS) is 10.9. The second-order valence-corrected chi connectivity index (χ2v) is 4.91. The molecule has 0 unspecified atom stereocenters. The number of anilines is 1. The molecule has 1 amide bonds. The van der Waals surface area contributed by atoms with Gasteiger partial charge in [0, 0.05) is 17.1 Å². The minimum absolute atomic E-state index is 0.0375. The van der Waals surface area contributed by atoms with E-state index in [-0.39, 0.29) is 5.91 Å². The number of rotatable bonds is 4. The van der Waals surface area contributed by atoms with E-state index < -0.39 is 0 Å². The standard InChI is InChI=1S/C15H19N3O/c1-10(2)16-9-15(19)18-14-8-11(3)17-13-7-5-4-6-12(13)14/h4-8,10,16H,9H2,1-3H3,(H,17,18,19). The molecule has 1 aromatic carbocycles. The molecule has 2 N–H and O–H groups in total. The zero-order valence-electron chi connectivity index (χ0n) is 11.5. The van der Waals surface area contributed by atoms with Crippen molar-refractivity contribution in [2.45, 2.75) is 26.8 Å². The van der Waals surface area contributed by atoms with Crippen LogP contribution in [0.2, 0.25) is 0 Å². The van der Waals surface area contributed by atoms with Crippen LogP contribution in [0.1, 0.15) is 19.5 Å². The summed E-state index contributed by atoms with van der Waals surface area (Å²) in [6.45, 7) is 6.26. The summed E-state index contributed by atoms with van der Waals surface area (Å²) < 4.78 is 0. The van der Waals surface area contributed by atoms with Gasteiger partial charge in [0.2, 0.25) is 5.91 Å². The number of hydrogen-bond acceptors (Lipinski definition) is 3. The van der Waals surface area contributed by atoms with Gasteiger partial charge in [-0.15, -0.1) is 0 Å². The summed E-state index contributed by atoms with van der Waals surface area (Å²) in [7, 11) is 0. The Morgan fingerprint density at radius 3 is 2.79 bits per heavy atom. The van der Waals surface area contributed by atoms with E-state index in [4.69, 9.17) is 0 Å². The van der Waals surface area contributed by atoms with E-state index in [0.29, 0.717) is 12.6 Å². The number of pyridine rings is 1. The molecule has 2 rings (SSSR count). The second-order valence-electron chi connectivity index (χ2n) is 4.91. The highest BCUT2D eigenvalue weighted by Crippen LogP contribution is 2.22.